The van der Waals surface area contributed by atoms with Crippen LogP contribution >= 0.6 is 0 Å². The van der Waals surface area contributed by atoms with Gasteiger partial charge in [0.05, 0.1) is 6.10 Å². The quantitative estimate of drug-likeness (QED) is 0.791. The number of benzene rings is 1. The molecule has 1 aromatic rings. The van der Waals surface area contributed by atoms with E-state index in [-0.39, 0.29) is 24.0 Å². The van der Waals surface area contributed by atoms with Gasteiger partial charge in [-0.15, -0.1) is 0 Å². The molecule has 1 N–H and O–H groups in total. The first-order chi connectivity index (χ1) is 12.9. The Hall–Kier alpha value is -1.35. The molecule has 0 heterocycles. The monoisotopic (exact) mass is 370 g/mol. The Bertz CT molecular complexity index is 724. The summed E-state index contributed by atoms with van der Waals surface area (Å²) in [7, 11) is 0. The number of carbonyl (C=O) groups is 1. The Morgan fingerprint density at radius 1 is 1.26 bits per heavy atom. The number of hydrogen-bond donors (Lipinski definition) is 1. The van der Waals surface area contributed by atoms with E-state index in [0.717, 1.165) is 24.2 Å². The molecule has 0 radical (unpaired) electrons. The van der Waals surface area contributed by atoms with E-state index in [2.05, 4.69) is 26.0 Å². The normalized spacial score (nSPS) is 37.7. The van der Waals surface area contributed by atoms with Crippen molar-refractivity contribution in [2.75, 3.05) is 6.61 Å². The lowest BCUT2D eigenvalue weighted by Crippen LogP contribution is -2.47. The Morgan fingerprint density at radius 3 is 2.74 bits per heavy atom. The summed E-state index contributed by atoms with van der Waals surface area (Å²) in [6, 6.07) is 6.20. The number of aliphatic hydroxyl groups is 1. The number of ether oxygens (including phenoxy) is 1. The van der Waals surface area contributed by atoms with Gasteiger partial charge >= 0.3 is 0 Å². The van der Waals surface area contributed by atoms with Gasteiger partial charge in [0.25, 0.3) is 0 Å². The molecule has 1 aromatic carbocycles. The van der Waals surface area contributed by atoms with E-state index in [1.165, 1.54) is 24.8 Å². The average Bonchev–Trinajstić information content (AvgIpc) is 2.95. The fourth-order valence-electron chi connectivity index (χ4n) is 6.83. The van der Waals surface area contributed by atoms with E-state index >= 15 is 0 Å². The summed E-state index contributed by atoms with van der Waals surface area (Å²) in [5, 5.41) is 9.51. The molecule has 3 nitrogen and oxygen atoms in total. The van der Waals surface area contributed by atoms with Gasteiger partial charge in [0.15, 0.2) is 5.78 Å². The molecule has 27 heavy (non-hydrogen) atoms. The first-order valence-electron chi connectivity index (χ1n) is 10.8. The highest BCUT2D eigenvalue weighted by molar-refractivity contribution is 6.01. The molecule has 0 spiro atoms. The van der Waals surface area contributed by atoms with Crippen molar-refractivity contribution in [2.24, 2.45) is 29.1 Å². The van der Waals surface area contributed by atoms with Crippen LogP contribution in [0.4, 0.5) is 0 Å². The molecule has 0 bridgehead atoms. The van der Waals surface area contributed by atoms with Gasteiger partial charge in [-0.1, -0.05) is 19.9 Å². The molecule has 148 valence electrons. The van der Waals surface area contributed by atoms with Crippen molar-refractivity contribution >= 4 is 5.78 Å². The van der Waals surface area contributed by atoms with E-state index in [4.69, 9.17) is 4.74 Å². The number of rotatable bonds is 4. The molecule has 3 heteroatoms. The van der Waals surface area contributed by atoms with Crippen LogP contribution in [0.5, 0.6) is 5.75 Å². The summed E-state index contributed by atoms with van der Waals surface area (Å²) in [4.78, 5) is 13.3. The van der Waals surface area contributed by atoms with E-state index in [1.807, 2.05) is 19.9 Å². The maximum absolute atomic E-state index is 13.3. The predicted molar refractivity (Wildman–Crippen MR) is 107 cm³/mol. The Balaban J connectivity index is 1.69. The topological polar surface area (TPSA) is 46.5 Å². The van der Waals surface area contributed by atoms with Gasteiger partial charge in [0.1, 0.15) is 5.75 Å². The number of aliphatic hydroxyl groups excluding tert-OH is 1. The van der Waals surface area contributed by atoms with Crippen LogP contribution in [0.1, 0.15) is 81.6 Å². The summed E-state index contributed by atoms with van der Waals surface area (Å²) in [6.45, 7) is 8.92. The van der Waals surface area contributed by atoms with Gasteiger partial charge < -0.3 is 9.84 Å². The summed E-state index contributed by atoms with van der Waals surface area (Å²) < 4.78 is 5.85. The van der Waals surface area contributed by atoms with E-state index in [1.54, 1.807) is 0 Å². The fraction of sp³-hybridized carbons (Fsp3) is 0.708. The third kappa shape index (κ3) is 2.93. The molecular formula is C24H34O3. The molecule has 0 amide bonds. The highest BCUT2D eigenvalue weighted by Gasteiger charge is 2.57. The summed E-state index contributed by atoms with van der Waals surface area (Å²) in [5.74, 6) is 3.35. The van der Waals surface area contributed by atoms with Gasteiger partial charge in [0, 0.05) is 18.1 Å². The molecule has 2 saturated carbocycles. The number of Topliss-reactive ketones (excluding diaryl/α,β-unsaturated/α-hetero) is 1. The predicted octanol–water partition coefficient (Wildman–Crippen LogP) is 5.21. The third-order valence-electron chi connectivity index (χ3n) is 8.06. The van der Waals surface area contributed by atoms with Gasteiger partial charge in [0.2, 0.25) is 0 Å². The highest BCUT2D eigenvalue weighted by Crippen LogP contribution is 2.64. The van der Waals surface area contributed by atoms with Crippen molar-refractivity contribution in [1.29, 1.82) is 0 Å². The van der Waals surface area contributed by atoms with Crippen LogP contribution in [0.3, 0.4) is 0 Å². The van der Waals surface area contributed by atoms with Gasteiger partial charge in [-0.3, -0.25) is 4.79 Å². The van der Waals surface area contributed by atoms with Crippen molar-refractivity contribution in [3.63, 3.8) is 0 Å². The van der Waals surface area contributed by atoms with E-state index < -0.39 is 0 Å². The van der Waals surface area contributed by atoms with Crippen LogP contribution in [0.25, 0.3) is 0 Å². The third-order valence-corrected chi connectivity index (χ3v) is 8.06. The molecule has 4 unspecified atom stereocenters. The van der Waals surface area contributed by atoms with Crippen molar-refractivity contribution in [3.8, 4) is 5.75 Å². The van der Waals surface area contributed by atoms with Crippen LogP contribution in [-0.2, 0) is 0 Å². The molecule has 2 fully saturated rings. The summed E-state index contributed by atoms with van der Waals surface area (Å²) in [5.41, 5.74) is 2.44. The van der Waals surface area contributed by atoms with Crippen LogP contribution in [0.2, 0.25) is 0 Å². The molecule has 3 aliphatic rings. The van der Waals surface area contributed by atoms with Crippen LogP contribution in [-0.4, -0.2) is 23.6 Å². The van der Waals surface area contributed by atoms with E-state index in [0.29, 0.717) is 29.5 Å². The number of fused-ring (bicyclic) bond motifs is 5. The average molecular weight is 371 g/mol. The molecule has 3 aliphatic carbocycles. The molecule has 0 aliphatic heterocycles. The number of carbonyl (C=O) groups excluding carboxylic acids is 1. The van der Waals surface area contributed by atoms with Gasteiger partial charge in [-0.05, 0) is 92.7 Å². The zero-order chi connectivity index (χ0) is 19.3. The van der Waals surface area contributed by atoms with Crippen molar-refractivity contribution in [3.05, 3.63) is 29.3 Å². The number of hydrogen-bond acceptors (Lipinski definition) is 3. The minimum Gasteiger partial charge on any atom is -0.491 e. The lowest BCUT2D eigenvalue weighted by Gasteiger charge is -2.52. The van der Waals surface area contributed by atoms with Crippen LogP contribution in [0, 0.1) is 29.1 Å². The Morgan fingerprint density at radius 2 is 2.04 bits per heavy atom. The maximum atomic E-state index is 13.3. The first kappa shape index (κ1) is 19.0. The van der Waals surface area contributed by atoms with Crippen molar-refractivity contribution in [1.82, 2.24) is 0 Å². The Kier molecular flexibility index (Phi) is 4.86. The maximum Gasteiger partial charge on any atom is 0.166 e. The smallest absolute Gasteiger partial charge is 0.166 e. The lowest BCUT2D eigenvalue weighted by atomic mass is 9.51. The fourth-order valence-corrected chi connectivity index (χ4v) is 6.83. The molecule has 0 saturated heterocycles. The van der Waals surface area contributed by atoms with Crippen LogP contribution < -0.4 is 4.74 Å². The standard InChI is InChI=1S/C24H34O3/c1-14(2)27-17-6-7-18-19-9-11-24(4)16(10-12-25)5-8-21(24)22(19)15(3)23(26)20(18)13-17/h6-7,13-16,19,21-22,25H,5,8-12H2,1-4H3/t15-,16+,19?,21?,22?,24?/m0/s1. The highest BCUT2D eigenvalue weighted by atomic mass is 16.5. The Labute approximate surface area is 163 Å². The van der Waals surface area contributed by atoms with Gasteiger partial charge in [-0.25, -0.2) is 0 Å². The van der Waals surface area contributed by atoms with Crippen molar-refractivity contribution < 1.29 is 14.6 Å². The number of ketones is 1. The molecular weight excluding hydrogens is 336 g/mol. The minimum absolute atomic E-state index is 0.0781. The summed E-state index contributed by atoms with van der Waals surface area (Å²) in [6.07, 6.45) is 5.83. The zero-order valence-corrected chi connectivity index (χ0v) is 17.2. The second kappa shape index (κ2) is 6.92. The first-order valence-corrected chi connectivity index (χ1v) is 10.8. The van der Waals surface area contributed by atoms with Gasteiger partial charge in [-0.2, -0.15) is 0 Å². The summed E-state index contributed by atoms with van der Waals surface area (Å²) >= 11 is 0. The second-order valence-corrected chi connectivity index (χ2v) is 9.69. The zero-order valence-electron chi connectivity index (χ0n) is 17.2. The minimum atomic E-state index is 0.0781. The van der Waals surface area contributed by atoms with E-state index in [9.17, 15) is 9.90 Å². The molecule has 4 rings (SSSR count). The largest absolute Gasteiger partial charge is 0.491 e. The molecule has 0 aromatic heterocycles. The lowest BCUT2D eigenvalue weighted by molar-refractivity contribution is 0.00323. The van der Waals surface area contributed by atoms with Crippen LogP contribution in [0.15, 0.2) is 18.2 Å². The van der Waals surface area contributed by atoms with Crippen molar-refractivity contribution in [2.45, 2.75) is 71.8 Å². The second-order valence-electron chi connectivity index (χ2n) is 9.69. The SMILES string of the molecule is CC(C)Oc1ccc2c(c1)C(=O)[C@@H](C)C1C2CCC2(C)C1CC[C@@H]2CCO. The molecule has 6 atom stereocenters.